The van der Waals surface area contributed by atoms with Gasteiger partial charge in [0.2, 0.25) is 0 Å². The van der Waals surface area contributed by atoms with Crippen molar-refractivity contribution in [3.63, 3.8) is 0 Å². The molecule has 2 aromatic rings. The molecule has 0 amide bonds. The first-order valence-corrected chi connectivity index (χ1v) is 5.77. The number of aromatic nitrogens is 1. The van der Waals surface area contributed by atoms with Gasteiger partial charge in [-0.1, -0.05) is 11.2 Å². The van der Waals surface area contributed by atoms with E-state index in [2.05, 4.69) is 22.6 Å². The number of nitrogens with zero attached hydrogens (tertiary/aromatic N) is 1. The Kier molecular flexibility index (Phi) is 4.23. The van der Waals surface area contributed by atoms with Crippen LogP contribution in [0.3, 0.4) is 0 Å². The van der Waals surface area contributed by atoms with Crippen LogP contribution in [0.4, 0.5) is 0 Å². The van der Waals surface area contributed by atoms with Crippen molar-refractivity contribution in [3.8, 4) is 5.75 Å². The van der Waals surface area contributed by atoms with Crippen LogP contribution in [0.5, 0.6) is 5.75 Å². The number of fused-ring (bicyclic) bond motifs is 1. The minimum Gasteiger partial charge on any atom is -0.486 e. The van der Waals surface area contributed by atoms with Gasteiger partial charge in [0.1, 0.15) is 12.4 Å². The normalized spacial score (nSPS) is 13.6. The van der Waals surface area contributed by atoms with Crippen LogP contribution in [-0.4, -0.2) is 11.7 Å². The van der Waals surface area contributed by atoms with Crippen molar-refractivity contribution >= 4 is 12.4 Å². The number of hydrogen-bond donors (Lipinski definition) is 1. The Hall–Kier alpha value is -1.52. The van der Waals surface area contributed by atoms with Crippen LogP contribution in [-0.2, 0) is 19.6 Å². The van der Waals surface area contributed by atoms with Gasteiger partial charge < -0.3 is 14.6 Å². The van der Waals surface area contributed by atoms with E-state index in [1.807, 2.05) is 12.1 Å². The van der Waals surface area contributed by atoms with Gasteiger partial charge in [0.05, 0.1) is 6.20 Å². The Labute approximate surface area is 112 Å². The summed E-state index contributed by atoms with van der Waals surface area (Å²) >= 11 is 0. The molecule has 3 rings (SSSR count). The molecule has 2 heterocycles. The molecule has 1 N–H and O–H groups in total. The predicted octanol–water partition coefficient (Wildman–Crippen LogP) is 2.32. The highest BCUT2D eigenvalue weighted by Gasteiger charge is 2.09. The molecular formula is C13H15ClN2O2. The zero-order valence-electron chi connectivity index (χ0n) is 9.89. The number of halogens is 1. The summed E-state index contributed by atoms with van der Waals surface area (Å²) in [5.74, 6) is 1.63. The Morgan fingerprint density at radius 3 is 3.06 bits per heavy atom. The largest absolute Gasteiger partial charge is 0.486 e. The third-order valence-corrected chi connectivity index (χ3v) is 2.94. The van der Waals surface area contributed by atoms with Gasteiger partial charge in [0, 0.05) is 12.6 Å². The van der Waals surface area contributed by atoms with E-state index in [0.29, 0.717) is 6.61 Å². The molecule has 1 aliphatic heterocycles. The van der Waals surface area contributed by atoms with E-state index in [9.17, 15) is 0 Å². The highest BCUT2D eigenvalue weighted by atomic mass is 35.5. The van der Waals surface area contributed by atoms with Gasteiger partial charge in [0.15, 0.2) is 5.76 Å². The van der Waals surface area contributed by atoms with E-state index in [1.54, 1.807) is 6.20 Å². The van der Waals surface area contributed by atoms with Crippen molar-refractivity contribution in [2.45, 2.75) is 19.6 Å². The average Bonchev–Trinajstić information content (AvgIpc) is 2.89. The van der Waals surface area contributed by atoms with Crippen molar-refractivity contribution in [1.29, 1.82) is 0 Å². The topological polar surface area (TPSA) is 47.3 Å². The molecule has 96 valence electrons. The van der Waals surface area contributed by atoms with Crippen LogP contribution in [0.15, 0.2) is 35.0 Å². The second kappa shape index (κ2) is 5.89. The van der Waals surface area contributed by atoms with Gasteiger partial charge in [-0.15, -0.1) is 12.4 Å². The molecule has 0 bridgehead atoms. The van der Waals surface area contributed by atoms with Crippen molar-refractivity contribution in [2.75, 3.05) is 6.54 Å². The molecule has 0 radical (unpaired) electrons. The Balaban J connectivity index is 0.00000120. The number of hydrogen-bond acceptors (Lipinski definition) is 4. The smallest absolute Gasteiger partial charge is 0.174 e. The Morgan fingerprint density at radius 2 is 2.22 bits per heavy atom. The minimum absolute atomic E-state index is 0. The molecule has 0 aliphatic carbocycles. The van der Waals surface area contributed by atoms with Crippen LogP contribution in [0.25, 0.3) is 0 Å². The molecule has 18 heavy (non-hydrogen) atoms. The number of benzene rings is 1. The van der Waals surface area contributed by atoms with Gasteiger partial charge in [-0.25, -0.2) is 0 Å². The van der Waals surface area contributed by atoms with Crippen molar-refractivity contribution in [1.82, 2.24) is 10.5 Å². The molecular weight excluding hydrogens is 252 g/mol. The van der Waals surface area contributed by atoms with E-state index < -0.39 is 0 Å². The van der Waals surface area contributed by atoms with Crippen molar-refractivity contribution in [2.24, 2.45) is 0 Å². The van der Waals surface area contributed by atoms with Crippen LogP contribution >= 0.6 is 12.4 Å². The van der Waals surface area contributed by atoms with E-state index in [1.165, 1.54) is 11.1 Å². The van der Waals surface area contributed by atoms with Gasteiger partial charge in [-0.3, -0.25) is 0 Å². The monoisotopic (exact) mass is 266 g/mol. The molecule has 5 heteroatoms. The lowest BCUT2D eigenvalue weighted by molar-refractivity contribution is 0.249. The lowest BCUT2D eigenvalue weighted by Gasteiger charge is -2.17. The summed E-state index contributed by atoms with van der Waals surface area (Å²) in [6.45, 7) is 2.42. The fraction of sp³-hybridized carbons (Fsp3) is 0.308. The molecule has 1 aromatic heterocycles. The molecule has 1 aliphatic rings. The minimum atomic E-state index is 0. The van der Waals surface area contributed by atoms with E-state index in [0.717, 1.165) is 31.0 Å². The van der Waals surface area contributed by atoms with Crippen LogP contribution in [0.2, 0.25) is 0 Å². The standard InChI is InChI=1S/C13H14N2O2.ClH/c1-2-12(16-9-13-4-6-15-17-13)7-10-3-5-14-8-11(1)10;/h1-2,4,6-7,14H,3,5,8-9H2;1H. The summed E-state index contributed by atoms with van der Waals surface area (Å²) < 4.78 is 10.6. The molecule has 4 nitrogen and oxygen atoms in total. The number of ether oxygens (including phenoxy) is 1. The predicted molar refractivity (Wildman–Crippen MR) is 69.9 cm³/mol. The maximum Gasteiger partial charge on any atom is 0.174 e. The van der Waals surface area contributed by atoms with Crippen molar-refractivity contribution < 1.29 is 9.26 Å². The second-order valence-electron chi connectivity index (χ2n) is 4.12. The fourth-order valence-electron chi connectivity index (χ4n) is 2.01. The van der Waals surface area contributed by atoms with Crippen LogP contribution < -0.4 is 10.1 Å². The second-order valence-corrected chi connectivity index (χ2v) is 4.12. The first-order valence-electron chi connectivity index (χ1n) is 5.77. The van der Waals surface area contributed by atoms with Gasteiger partial charge in [0.25, 0.3) is 0 Å². The quantitative estimate of drug-likeness (QED) is 0.926. The van der Waals surface area contributed by atoms with Gasteiger partial charge >= 0.3 is 0 Å². The summed E-state index contributed by atoms with van der Waals surface area (Å²) in [5, 5.41) is 6.99. The summed E-state index contributed by atoms with van der Waals surface area (Å²) in [5.41, 5.74) is 2.74. The molecule has 0 spiro atoms. The fourth-order valence-corrected chi connectivity index (χ4v) is 2.01. The van der Waals surface area contributed by atoms with Crippen LogP contribution in [0, 0.1) is 0 Å². The molecule has 0 saturated heterocycles. The maximum absolute atomic E-state index is 5.66. The van der Waals surface area contributed by atoms with E-state index >= 15 is 0 Å². The third kappa shape index (κ3) is 2.83. The average molecular weight is 267 g/mol. The highest BCUT2D eigenvalue weighted by molar-refractivity contribution is 5.85. The number of rotatable bonds is 3. The lowest BCUT2D eigenvalue weighted by atomic mass is 10.0. The zero-order chi connectivity index (χ0) is 11.5. The first kappa shape index (κ1) is 12.9. The van der Waals surface area contributed by atoms with E-state index in [-0.39, 0.29) is 12.4 Å². The summed E-state index contributed by atoms with van der Waals surface area (Å²) in [4.78, 5) is 0. The summed E-state index contributed by atoms with van der Waals surface area (Å²) in [6, 6.07) is 8.05. The zero-order valence-corrected chi connectivity index (χ0v) is 10.7. The molecule has 0 atom stereocenters. The van der Waals surface area contributed by atoms with Gasteiger partial charge in [-0.2, -0.15) is 0 Å². The SMILES string of the molecule is Cl.c1cc(COc2ccc3c(c2)CCNC3)on1. The third-order valence-electron chi connectivity index (χ3n) is 2.94. The summed E-state index contributed by atoms with van der Waals surface area (Å²) in [7, 11) is 0. The van der Waals surface area contributed by atoms with Crippen LogP contribution in [0.1, 0.15) is 16.9 Å². The van der Waals surface area contributed by atoms with E-state index in [4.69, 9.17) is 9.26 Å². The van der Waals surface area contributed by atoms with Crippen molar-refractivity contribution in [3.05, 3.63) is 47.3 Å². The lowest BCUT2D eigenvalue weighted by Crippen LogP contribution is -2.23. The first-order chi connectivity index (χ1) is 8.42. The molecule has 1 aromatic carbocycles. The molecule has 0 unspecified atom stereocenters. The van der Waals surface area contributed by atoms with Gasteiger partial charge in [-0.05, 0) is 36.2 Å². The summed E-state index contributed by atoms with van der Waals surface area (Å²) in [6.07, 6.45) is 2.69. The Bertz CT molecular complexity index is 500. The molecule has 0 fully saturated rings. The highest BCUT2D eigenvalue weighted by Crippen LogP contribution is 2.21. The molecule has 0 saturated carbocycles. The Morgan fingerprint density at radius 1 is 1.28 bits per heavy atom. The maximum atomic E-state index is 5.66. The number of nitrogens with one attached hydrogen (secondary N) is 1.